The van der Waals surface area contributed by atoms with Crippen LogP contribution in [0.15, 0.2) is 42.5 Å². The maximum absolute atomic E-state index is 13.8. The molecule has 31 heavy (non-hydrogen) atoms. The van der Waals surface area contributed by atoms with Crippen molar-refractivity contribution < 1.29 is 18.7 Å². The smallest absolute Gasteiger partial charge is 0.254 e. The molecule has 0 saturated carbocycles. The predicted molar refractivity (Wildman–Crippen MR) is 122 cm³/mol. The number of nitrogens with one attached hydrogen (secondary N) is 1. The molecule has 6 nitrogen and oxygen atoms in total. The van der Waals surface area contributed by atoms with E-state index in [1.165, 1.54) is 25.3 Å². The number of amides is 2. The average molecular weight is 430 g/mol. The Morgan fingerprint density at radius 2 is 1.81 bits per heavy atom. The number of rotatable bonds is 9. The summed E-state index contributed by atoms with van der Waals surface area (Å²) in [5, 5.41) is 2.81. The first-order chi connectivity index (χ1) is 14.6. The lowest BCUT2D eigenvalue weighted by Gasteiger charge is -2.33. The molecule has 0 unspecified atom stereocenters. The van der Waals surface area contributed by atoms with Gasteiger partial charge >= 0.3 is 0 Å². The Morgan fingerprint density at radius 3 is 2.39 bits per heavy atom. The van der Waals surface area contributed by atoms with Crippen molar-refractivity contribution in [1.29, 1.82) is 0 Å². The van der Waals surface area contributed by atoms with Crippen LogP contribution in [0, 0.1) is 11.7 Å². The van der Waals surface area contributed by atoms with Gasteiger partial charge in [0, 0.05) is 50.7 Å². The lowest BCUT2D eigenvalue weighted by atomic mass is 10.0. The van der Waals surface area contributed by atoms with Gasteiger partial charge in [-0.1, -0.05) is 19.9 Å². The van der Waals surface area contributed by atoms with Crippen LogP contribution in [-0.4, -0.2) is 50.6 Å². The lowest BCUT2D eigenvalue weighted by molar-refractivity contribution is -0.119. The van der Waals surface area contributed by atoms with Crippen LogP contribution in [0.5, 0.6) is 0 Å². The van der Waals surface area contributed by atoms with Crippen LogP contribution in [0.2, 0.25) is 0 Å². The Morgan fingerprint density at radius 1 is 1.10 bits per heavy atom. The molecule has 2 rings (SSSR count). The van der Waals surface area contributed by atoms with Gasteiger partial charge in [-0.3, -0.25) is 9.59 Å². The summed E-state index contributed by atoms with van der Waals surface area (Å²) in [6.45, 7) is 6.35. The molecule has 0 fully saturated rings. The van der Waals surface area contributed by atoms with Crippen molar-refractivity contribution in [2.24, 2.45) is 5.92 Å². The molecule has 0 heterocycles. The van der Waals surface area contributed by atoms with Crippen molar-refractivity contribution in [3.8, 4) is 0 Å². The molecule has 0 saturated heterocycles. The van der Waals surface area contributed by atoms with E-state index >= 15 is 0 Å². The number of methoxy groups -OCH3 is 1. The third-order valence-electron chi connectivity index (χ3n) is 5.25. The highest BCUT2D eigenvalue weighted by Gasteiger charge is 2.25. The summed E-state index contributed by atoms with van der Waals surface area (Å²) >= 11 is 0. The number of nitrogens with zero attached hydrogens (tertiary/aromatic N) is 2. The Balaban J connectivity index is 2.44. The summed E-state index contributed by atoms with van der Waals surface area (Å²) in [6.07, 6.45) is 0. The summed E-state index contributed by atoms with van der Waals surface area (Å²) in [7, 11) is 5.31. The van der Waals surface area contributed by atoms with E-state index in [4.69, 9.17) is 4.74 Å². The zero-order valence-corrected chi connectivity index (χ0v) is 19.1. The van der Waals surface area contributed by atoms with E-state index in [1.807, 2.05) is 58.0 Å². The molecule has 168 valence electrons. The van der Waals surface area contributed by atoms with Gasteiger partial charge in [0.1, 0.15) is 12.4 Å². The summed E-state index contributed by atoms with van der Waals surface area (Å²) in [4.78, 5) is 29.0. The van der Waals surface area contributed by atoms with E-state index in [0.717, 1.165) is 11.3 Å². The molecule has 0 bridgehead atoms. The van der Waals surface area contributed by atoms with Gasteiger partial charge in [-0.05, 0) is 54.8 Å². The van der Waals surface area contributed by atoms with E-state index in [2.05, 4.69) is 5.32 Å². The largest absolute Gasteiger partial charge is 0.377 e. The fourth-order valence-corrected chi connectivity index (χ4v) is 3.29. The maximum Gasteiger partial charge on any atom is 0.254 e. The second kappa shape index (κ2) is 10.9. The summed E-state index contributed by atoms with van der Waals surface area (Å²) < 4.78 is 18.6. The third-order valence-corrected chi connectivity index (χ3v) is 5.25. The van der Waals surface area contributed by atoms with Gasteiger partial charge in [-0.2, -0.15) is 0 Å². The quantitative estimate of drug-likeness (QED) is 0.650. The Bertz CT molecular complexity index is 915. The van der Waals surface area contributed by atoms with Crippen LogP contribution in [0.1, 0.15) is 36.7 Å². The molecular formula is C24H32FN3O3. The number of hydrogen-bond donors (Lipinski definition) is 1. The van der Waals surface area contributed by atoms with E-state index < -0.39 is 5.82 Å². The first-order valence-corrected chi connectivity index (χ1v) is 10.3. The molecule has 2 amide bonds. The molecule has 0 radical (unpaired) electrons. The second-order valence-electron chi connectivity index (χ2n) is 8.15. The van der Waals surface area contributed by atoms with E-state index in [9.17, 15) is 14.0 Å². The van der Waals surface area contributed by atoms with Crippen LogP contribution >= 0.6 is 0 Å². The van der Waals surface area contributed by atoms with Gasteiger partial charge in [0.25, 0.3) is 5.91 Å². The molecule has 1 atom stereocenters. The highest BCUT2D eigenvalue weighted by Crippen LogP contribution is 2.27. The van der Waals surface area contributed by atoms with Crippen LogP contribution in [0.3, 0.4) is 0 Å². The van der Waals surface area contributed by atoms with Gasteiger partial charge in [-0.15, -0.1) is 0 Å². The number of halogens is 1. The highest BCUT2D eigenvalue weighted by atomic mass is 19.1. The number of ether oxygens (including phenoxy) is 1. The Hall–Kier alpha value is -2.93. The number of anilines is 2. The molecular weight excluding hydrogens is 397 g/mol. The Kier molecular flexibility index (Phi) is 8.56. The normalized spacial score (nSPS) is 11.9. The zero-order chi connectivity index (χ0) is 23.1. The van der Waals surface area contributed by atoms with Gasteiger partial charge in [0.2, 0.25) is 5.91 Å². The van der Waals surface area contributed by atoms with Gasteiger partial charge < -0.3 is 19.9 Å². The number of carbonyl (C=O) groups is 2. The van der Waals surface area contributed by atoms with Crippen LogP contribution in [0.4, 0.5) is 15.8 Å². The van der Waals surface area contributed by atoms with Crippen LogP contribution in [0.25, 0.3) is 0 Å². The minimum atomic E-state index is -0.445. The predicted octanol–water partition coefficient (Wildman–Crippen LogP) is 4.16. The van der Waals surface area contributed by atoms with Crippen molar-refractivity contribution in [1.82, 2.24) is 4.90 Å². The zero-order valence-electron chi connectivity index (χ0n) is 19.1. The topological polar surface area (TPSA) is 61.9 Å². The Labute approximate surface area is 184 Å². The number of hydrogen-bond acceptors (Lipinski definition) is 4. The fraction of sp³-hybridized carbons (Fsp3) is 0.417. The first kappa shape index (κ1) is 24.3. The number of benzene rings is 2. The van der Waals surface area contributed by atoms with Crippen molar-refractivity contribution in [2.75, 3.05) is 38.0 Å². The van der Waals surface area contributed by atoms with Crippen molar-refractivity contribution in [3.63, 3.8) is 0 Å². The van der Waals surface area contributed by atoms with Crippen LogP contribution < -0.4 is 10.2 Å². The SMILES string of the molecule is COCC(=O)Nc1ccc(N(C)C)c(CN(C(=O)c2cccc(F)c2)[C@@H](C)C(C)C)c1. The van der Waals surface area contributed by atoms with E-state index in [0.29, 0.717) is 17.8 Å². The third kappa shape index (κ3) is 6.52. The average Bonchev–Trinajstić information content (AvgIpc) is 2.71. The van der Waals surface area contributed by atoms with Crippen molar-refractivity contribution in [2.45, 2.75) is 33.4 Å². The van der Waals surface area contributed by atoms with E-state index in [-0.39, 0.29) is 30.4 Å². The number of carbonyl (C=O) groups excluding carboxylic acids is 2. The van der Waals surface area contributed by atoms with Gasteiger partial charge in [0.05, 0.1) is 0 Å². The molecule has 2 aromatic carbocycles. The van der Waals surface area contributed by atoms with Gasteiger partial charge in [-0.25, -0.2) is 4.39 Å². The van der Waals surface area contributed by atoms with Crippen molar-refractivity contribution in [3.05, 3.63) is 59.4 Å². The molecule has 0 spiro atoms. The van der Waals surface area contributed by atoms with Gasteiger partial charge in [0.15, 0.2) is 0 Å². The summed E-state index contributed by atoms with van der Waals surface area (Å²) in [5.74, 6) is -0.738. The molecule has 0 aliphatic carbocycles. The minimum Gasteiger partial charge on any atom is -0.377 e. The van der Waals surface area contributed by atoms with Crippen molar-refractivity contribution >= 4 is 23.2 Å². The summed E-state index contributed by atoms with van der Waals surface area (Å²) in [6, 6.07) is 11.2. The van der Waals surface area contributed by atoms with Crippen LogP contribution in [-0.2, 0) is 16.1 Å². The molecule has 0 aliphatic heterocycles. The molecule has 7 heteroatoms. The molecule has 0 aliphatic rings. The monoisotopic (exact) mass is 429 g/mol. The molecule has 2 aromatic rings. The summed E-state index contributed by atoms with van der Waals surface area (Å²) in [5.41, 5.74) is 2.73. The second-order valence-corrected chi connectivity index (χ2v) is 8.15. The first-order valence-electron chi connectivity index (χ1n) is 10.3. The minimum absolute atomic E-state index is 0.0423. The van der Waals surface area contributed by atoms with E-state index in [1.54, 1.807) is 11.0 Å². The molecule has 1 N–H and O–H groups in total. The fourth-order valence-electron chi connectivity index (χ4n) is 3.29. The standard InChI is InChI=1S/C24H32FN3O3/c1-16(2)17(3)28(24(30)18-8-7-9-20(25)12-18)14-19-13-21(26-23(29)15-31-6)10-11-22(19)27(4)5/h7-13,16-17H,14-15H2,1-6H3,(H,26,29)/t17-/m0/s1. The maximum atomic E-state index is 13.8. The lowest BCUT2D eigenvalue weighted by Crippen LogP contribution is -2.41. The highest BCUT2D eigenvalue weighted by molar-refractivity contribution is 5.95. The molecule has 0 aromatic heterocycles.